The smallest absolute Gasteiger partial charge is 0.246 e. The topological polar surface area (TPSA) is 40.6 Å². The average molecular weight is 284 g/mol. The number of piperidine rings is 1. The molecule has 0 spiro atoms. The molecule has 0 N–H and O–H groups in total. The SMILES string of the molecule is CCC1C(=O)N2CCCCC2C(=O)N1CC(C)SC. The van der Waals surface area contributed by atoms with Crippen LogP contribution in [0.3, 0.4) is 0 Å². The summed E-state index contributed by atoms with van der Waals surface area (Å²) in [5.41, 5.74) is 0. The number of carbonyl (C=O) groups is 2. The van der Waals surface area contributed by atoms with Gasteiger partial charge in [0.05, 0.1) is 0 Å². The lowest BCUT2D eigenvalue weighted by Crippen LogP contribution is -2.66. The molecule has 2 amide bonds. The van der Waals surface area contributed by atoms with E-state index in [1.54, 1.807) is 11.8 Å². The van der Waals surface area contributed by atoms with Gasteiger partial charge in [-0.1, -0.05) is 13.8 Å². The second-order valence-electron chi connectivity index (χ2n) is 5.50. The zero-order chi connectivity index (χ0) is 14.0. The molecule has 0 aromatic heterocycles. The number of thioether (sulfide) groups is 1. The van der Waals surface area contributed by atoms with E-state index in [-0.39, 0.29) is 23.9 Å². The fourth-order valence-corrected chi connectivity index (χ4v) is 3.40. The predicted octanol–water partition coefficient (Wildman–Crippen LogP) is 1.74. The van der Waals surface area contributed by atoms with Crippen LogP contribution in [0.1, 0.15) is 39.5 Å². The van der Waals surface area contributed by atoms with Gasteiger partial charge >= 0.3 is 0 Å². The summed E-state index contributed by atoms with van der Waals surface area (Å²) in [6, 6.07) is -0.422. The average Bonchev–Trinajstić information content (AvgIpc) is 2.44. The van der Waals surface area contributed by atoms with Crippen molar-refractivity contribution >= 4 is 23.6 Å². The number of carbonyl (C=O) groups excluding carboxylic acids is 2. The van der Waals surface area contributed by atoms with Crippen molar-refractivity contribution < 1.29 is 9.59 Å². The fourth-order valence-electron chi connectivity index (χ4n) is 3.09. The molecule has 0 radical (unpaired) electrons. The highest BCUT2D eigenvalue weighted by molar-refractivity contribution is 7.99. The largest absolute Gasteiger partial charge is 0.329 e. The van der Waals surface area contributed by atoms with Gasteiger partial charge in [-0.05, 0) is 31.9 Å². The summed E-state index contributed by atoms with van der Waals surface area (Å²) in [7, 11) is 0. The number of nitrogens with zero attached hydrogens (tertiary/aromatic N) is 2. The zero-order valence-electron chi connectivity index (χ0n) is 12.1. The minimum Gasteiger partial charge on any atom is -0.329 e. The number of piperazine rings is 1. The third-order valence-electron chi connectivity index (χ3n) is 4.26. The Balaban J connectivity index is 2.20. The first-order chi connectivity index (χ1) is 9.10. The van der Waals surface area contributed by atoms with E-state index < -0.39 is 0 Å². The van der Waals surface area contributed by atoms with Crippen LogP contribution in [0.15, 0.2) is 0 Å². The van der Waals surface area contributed by atoms with Gasteiger partial charge in [0.15, 0.2) is 0 Å². The van der Waals surface area contributed by atoms with Crippen molar-refractivity contribution in [2.75, 3.05) is 19.3 Å². The molecule has 0 bridgehead atoms. The Morgan fingerprint density at radius 3 is 2.68 bits per heavy atom. The summed E-state index contributed by atoms with van der Waals surface area (Å²) in [6.45, 7) is 5.56. The normalized spacial score (nSPS) is 29.4. The predicted molar refractivity (Wildman–Crippen MR) is 78.1 cm³/mol. The quantitative estimate of drug-likeness (QED) is 0.789. The van der Waals surface area contributed by atoms with Gasteiger partial charge in [0, 0.05) is 18.3 Å². The van der Waals surface area contributed by atoms with Gasteiger partial charge in [0.1, 0.15) is 12.1 Å². The summed E-state index contributed by atoms with van der Waals surface area (Å²) >= 11 is 1.74. The molecule has 2 aliphatic heterocycles. The van der Waals surface area contributed by atoms with Gasteiger partial charge in [-0.3, -0.25) is 9.59 Å². The number of fused-ring (bicyclic) bond motifs is 1. The maximum absolute atomic E-state index is 12.6. The molecule has 3 atom stereocenters. The molecular weight excluding hydrogens is 260 g/mol. The summed E-state index contributed by atoms with van der Waals surface area (Å²) in [5, 5.41) is 0.376. The first-order valence-corrected chi connectivity index (χ1v) is 8.52. The Morgan fingerprint density at radius 1 is 1.32 bits per heavy atom. The molecule has 0 aromatic rings. The Bertz CT molecular complexity index is 361. The van der Waals surface area contributed by atoms with E-state index in [0.29, 0.717) is 11.8 Å². The molecule has 19 heavy (non-hydrogen) atoms. The van der Waals surface area contributed by atoms with Crippen LogP contribution in [0.4, 0.5) is 0 Å². The molecule has 2 aliphatic rings. The van der Waals surface area contributed by atoms with Crippen molar-refractivity contribution in [3.05, 3.63) is 0 Å². The van der Waals surface area contributed by atoms with Crippen LogP contribution in [-0.4, -0.2) is 58.3 Å². The van der Waals surface area contributed by atoms with Crippen molar-refractivity contribution in [2.45, 2.75) is 56.9 Å². The molecule has 2 saturated heterocycles. The molecule has 108 valence electrons. The molecule has 0 aliphatic carbocycles. The minimum atomic E-state index is -0.239. The van der Waals surface area contributed by atoms with Gasteiger partial charge in [0.25, 0.3) is 0 Å². The van der Waals surface area contributed by atoms with Crippen LogP contribution < -0.4 is 0 Å². The minimum absolute atomic E-state index is 0.167. The van der Waals surface area contributed by atoms with E-state index in [9.17, 15) is 9.59 Å². The van der Waals surface area contributed by atoms with Crippen molar-refractivity contribution in [1.29, 1.82) is 0 Å². The Labute approximate surface area is 119 Å². The first kappa shape index (κ1) is 14.7. The number of amides is 2. The van der Waals surface area contributed by atoms with Gasteiger partial charge < -0.3 is 9.80 Å². The van der Waals surface area contributed by atoms with E-state index in [1.165, 1.54) is 0 Å². The number of rotatable bonds is 4. The van der Waals surface area contributed by atoms with Crippen LogP contribution in [-0.2, 0) is 9.59 Å². The molecule has 5 heteroatoms. The summed E-state index contributed by atoms with van der Waals surface area (Å²) in [5.74, 6) is 0.340. The highest BCUT2D eigenvalue weighted by Gasteiger charge is 2.45. The lowest BCUT2D eigenvalue weighted by Gasteiger charge is -2.47. The van der Waals surface area contributed by atoms with E-state index in [0.717, 1.165) is 32.2 Å². The fraction of sp³-hybridized carbons (Fsp3) is 0.857. The lowest BCUT2D eigenvalue weighted by molar-refractivity contribution is -0.163. The number of hydrogen-bond donors (Lipinski definition) is 0. The summed E-state index contributed by atoms with van der Waals surface area (Å²) in [6.07, 6.45) is 5.70. The van der Waals surface area contributed by atoms with Gasteiger partial charge in [-0.15, -0.1) is 0 Å². The maximum atomic E-state index is 12.6. The van der Waals surface area contributed by atoms with E-state index in [1.807, 2.05) is 16.7 Å². The van der Waals surface area contributed by atoms with Crippen molar-refractivity contribution in [3.8, 4) is 0 Å². The lowest BCUT2D eigenvalue weighted by atomic mass is 9.94. The monoisotopic (exact) mass is 284 g/mol. The summed E-state index contributed by atoms with van der Waals surface area (Å²) in [4.78, 5) is 28.9. The Morgan fingerprint density at radius 2 is 2.05 bits per heavy atom. The molecular formula is C14H24N2O2S. The molecule has 2 heterocycles. The highest BCUT2D eigenvalue weighted by atomic mass is 32.2. The van der Waals surface area contributed by atoms with E-state index in [2.05, 4.69) is 13.2 Å². The van der Waals surface area contributed by atoms with Gasteiger partial charge in [-0.2, -0.15) is 11.8 Å². The van der Waals surface area contributed by atoms with Crippen molar-refractivity contribution in [3.63, 3.8) is 0 Å². The van der Waals surface area contributed by atoms with Crippen LogP contribution >= 0.6 is 11.8 Å². The van der Waals surface area contributed by atoms with Crippen LogP contribution in [0, 0.1) is 0 Å². The maximum Gasteiger partial charge on any atom is 0.246 e. The molecule has 4 nitrogen and oxygen atoms in total. The second kappa shape index (κ2) is 6.16. The molecule has 3 unspecified atom stereocenters. The third-order valence-corrected chi connectivity index (χ3v) is 5.21. The molecule has 2 fully saturated rings. The van der Waals surface area contributed by atoms with Gasteiger partial charge in [0.2, 0.25) is 11.8 Å². The van der Waals surface area contributed by atoms with Crippen LogP contribution in [0.5, 0.6) is 0 Å². The van der Waals surface area contributed by atoms with Crippen molar-refractivity contribution in [1.82, 2.24) is 9.80 Å². The van der Waals surface area contributed by atoms with Crippen LogP contribution in [0.25, 0.3) is 0 Å². The highest BCUT2D eigenvalue weighted by Crippen LogP contribution is 2.28. The van der Waals surface area contributed by atoms with Crippen LogP contribution in [0.2, 0.25) is 0 Å². The number of hydrogen-bond acceptors (Lipinski definition) is 3. The standard InChI is InChI=1S/C14H24N2O2S/c1-4-11-13(17)15-8-6-5-7-12(15)14(18)16(11)9-10(2)19-3/h10-12H,4-9H2,1-3H3. The molecule has 0 aromatic carbocycles. The van der Waals surface area contributed by atoms with E-state index >= 15 is 0 Å². The Hall–Kier alpha value is -0.710. The van der Waals surface area contributed by atoms with E-state index in [4.69, 9.17) is 0 Å². The van der Waals surface area contributed by atoms with Gasteiger partial charge in [-0.25, -0.2) is 0 Å². The first-order valence-electron chi connectivity index (χ1n) is 7.23. The van der Waals surface area contributed by atoms with Crippen molar-refractivity contribution in [2.24, 2.45) is 0 Å². The molecule has 2 rings (SSSR count). The Kier molecular flexibility index (Phi) is 4.76. The zero-order valence-corrected chi connectivity index (χ0v) is 12.9. The molecule has 0 saturated carbocycles. The second-order valence-corrected chi connectivity index (χ2v) is 6.78. The third kappa shape index (κ3) is 2.76. The summed E-state index contributed by atoms with van der Waals surface area (Å²) < 4.78 is 0.